The number of aromatic nitrogens is 3. The van der Waals surface area contributed by atoms with Crippen LogP contribution in [0.15, 0.2) is 59.5 Å². The number of H-pyrrole nitrogens is 1. The smallest absolute Gasteiger partial charge is 0.259 e. The number of nitrogens with one attached hydrogen (secondary N) is 2. The zero-order chi connectivity index (χ0) is 22.1. The second-order valence-corrected chi connectivity index (χ2v) is 8.72. The number of piperidine rings is 1. The van der Waals surface area contributed by atoms with Crippen molar-refractivity contribution in [2.24, 2.45) is 5.92 Å². The van der Waals surface area contributed by atoms with E-state index in [1.54, 1.807) is 16.6 Å². The van der Waals surface area contributed by atoms with Crippen molar-refractivity contribution in [3.05, 3.63) is 81.2 Å². The summed E-state index contributed by atoms with van der Waals surface area (Å²) in [5.74, 6) is 0.201. The molecule has 0 spiro atoms. The summed E-state index contributed by atoms with van der Waals surface area (Å²) in [7, 11) is 0. The van der Waals surface area contributed by atoms with E-state index in [2.05, 4.69) is 26.4 Å². The fourth-order valence-electron chi connectivity index (χ4n) is 4.39. The molecule has 5 rings (SSSR count). The Hall–Kier alpha value is -3.16. The first-order chi connectivity index (χ1) is 15.6. The van der Waals surface area contributed by atoms with Gasteiger partial charge in [0.15, 0.2) is 0 Å². The van der Waals surface area contributed by atoms with Crippen molar-refractivity contribution >= 4 is 34.1 Å². The van der Waals surface area contributed by atoms with Gasteiger partial charge >= 0.3 is 0 Å². The Balaban J connectivity index is 1.21. The highest BCUT2D eigenvalue weighted by Crippen LogP contribution is 2.22. The molecule has 164 valence electrons. The molecule has 2 aromatic carbocycles. The van der Waals surface area contributed by atoms with E-state index in [0.29, 0.717) is 34.6 Å². The Morgan fingerprint density at radius 1 is 1.12 bits per heavy atom. The normalized spacial score (nSPS) is 15.4. The molecule has 0 unspecified atom stereocenters. The van der Waals surface area contributed by atoms with Crippen LogP contribution in [0, 0.1) is 5.92 Å². The highest BCUT2D eigenvalue weighted by molar-refractivity contribution is 6.31. The quantitative estimate of drug-likeness (QED) is 0.488. The number of para-hydroxylation sites is 1. The van der Waals surface area contributed by atoms with Gasteiger partial charge in [0.05, 0.1) is 17.1 Å². The van der Waals surface area contributed by atoms with Gasteiger partial charge in [0.2, 0.25) is 0 Å². The largest absolute Gasteiger partial charge is 0.352 e. The zero-order valence-electron chi connectivity index (χ0n) is 17.6. The van der Waals surface area contributed by atoms with Gasteiger partial charge in [0, 0.05) is 18.1 Å². The second kappa shape index (κ2) is 8.76. The number of likely N-dealkylation sites (tertiary alicyclic amines) is 1. The lowest BCUT2D eigenvalue weighted by molar-refractivity contribution is 0.0936. The van der Waals surface area contributed by atoms with Gasteiger partial charge in [-0.05, 0) is 55.6 Å². The predicted molar refractivity (Wildman–Crippen MR) is 125 cm³/mol. The molecule has 2 aromatic heterocycles. The number of halogens is 1. The van der Waals surface area contributed by atoms with Gasteiger partial charge in [-0.25, -0.2) is 4.52 Å². The van der Waals surface area contributed by atoms with Crippen LogP contribution < -0.4 is 10.9 Å². The van der Waals surface area contributed by atoms with Crippen LogP contribution in [-0.2, 0) is 6.54 Å². The molecule has 0 atom stereocenters. The Morgan fingerprint density at radius 2 is 1.88 bits per heavy atom. The number of hydrogen-bond acceptors (Lipinski definition) is 4. The Kier molecular flexibility index (Phi) is 5.68. The predicted octanol–water partition coefficient (Wildman–Crippen LogP) is 3.47. The average molecular weight is 450 g/mol. The number of aromatic amines is 1. The first kappa shape index (κ1) is 20.7. The van der Waals surface area contributed by atoms with Crippen LogP contribution >= 0.6 is 11.6 Å². The number of carbonyl (C=O) groups is 1. The molecule has 32 heavy (non-hydrogen) atoms. The van der Waals surface area contributed by atoms with Crippen molar-refractivity contribution in [3.63, 3.8) is 0 Å². The lowest BCUT2D eigenvalue weighted by Crippen LogP contribution is -2.38. The number of fused-ring (bicyclic) bond motifs is 3. The summed E-state index contributed by atoms with van der Waals surface area (Å²) in [6.07, 6.45) is 3.54. The SMILES string of the molecule is O=C(NCC1CCN(Cc2ccccc2Cl)CC1)c1cnn2c1[nH]c(=O)c1ccccc12. The molecule has 0 saturated carbocycles. The summed E-state index contributed by atoms with van der Waals surface area (Å²) in [5, 5.41) is 8.71. The fourth-order valence-corrected chi connectivity index (χ4v) is 4.59. The molecule has 7 nitrogen and oxygen atoms in total. The second-order valence-electron chi connectivity index (χ2n) is 8.31. The van der Waals surface area contributed by atoms with Gasteiger partial charge < -0.3 is 10.3 Å². The molecule has 4 aromatic rings. The van der Waals surface area contributed by atoms with E-state index in [1.165, 1.54) is 6.20 Å². The molecule has 3 heterocycles. The number of amides is 1. The van der Waals surface area contributed by atoms with Gasteiger partial charge in [0.1, 0.15) is 11.2 Å². The van der Waals surface area contributed by atoms with Crippen molar-refractivity contribution < 1.29 is 4.79 Å². The third-order valence-corrected chi connectivity index (χ3v) is 6.60. The van der Waals surface area contributed by atoms with Crippen molar-refractivity contribution in [1.82, 2.24) is 24.8 Å². The molecule has 0 radical (unpaired) electrons. The number of rotatable bonds is 5. The Labute approximate surface area is 190 Å². The van der Waals surface area contributed by atoms with E-state index in [9.17, 15) is 9.59 Å². The Bertz CT molecular complexity index is 1340. The van der Waals surface area contributed by atoms with Crippen LogP contribution in [0.3, 0.4) is 0 Å². The van der Waals surface area contributed by atoms with Crippen molar-refractivity contribution in [1.29, 1.82) is 0 Å². The van der Waals surface area contributed by atoms with Crippen LogP contribution in [0.5, 0.6) is 0 Å². The first-order valence-corrected chi connectivity index (χ1v) is 11.2. The Morgan fingerprint density at radius 3 is 2.69 bits per heavy atom. The maximum atomic E-state index is 12.8. The van der Waals surface area contributed by atoms with Gasteiger partial charge in [-0.3, -0.25) is 14.5 Å². The van der Waals surface area contributed by atoms with Crippen LogP contribution in [0.4, 0.5) is 0 Å². The standard InChI is InChI=1S/C24H24ClN5O2/c25-20-7-3-1-5-17(20)15-29-11-9-16(10-12-29)13-26-23(31)19-14-27-30-21-8-4-2-6-18(21)24(32)28-22(19)30/h1-8,14,16H,9-13,15H2,(H,26,31)(H,28,32). The maximum Gasteiger partial charge on any atom is 0.259 e. The van der Waals surface area contributed by atoms with Gasteiger partial charge in [-0.15, -0.1) is 0 Å². The van der Waals surface area contributed by atoms with E-state index in [-0.39, 0.29) is 11.5 Å². The van der Waals surface area contributed by atoms with Crippen LogP contribution in [0.2, 0.25) is 5.02 Å². The van der Waals surface area contributed by atoms with Gasteiger partial charge in [-0.2, -0.15) is 5.10 Å². The summed E-state index contributed by atoms with van der Waals surface area (Å²) in [5.41, 5.74) is 2.39. The molecule has 0 bridgehead atoms. The summed E-state index contributed by atoms with van der Waals surface area (Å²) in [6, 6.07) is 15.2. The highest BCUT2D eigenvalue weighted by atomic mass is 35.5. The number of carbonyl (C=O) groups excluding carboxylic acids is 1. The van der Waals surface area contributed by atoms with E-state index >= 15 is 0 Å². The van der Waals surface area contributed by atoms with E-state index in [4.69, 9.17) is 11.6 Å². The van der Waals surface area contributed by atoms with Crippen molar-refractivity contribution in [2.75, 3.05) is 19.6 Å². The van der Waals surface area contributed by atoms with Crippen molar-refractivity contribution in [2.45, 2.75) is 19.4 Å². The van der Waals surface area contributed by atoms with Crippen LogP contribution in [0.1, 0.15) is 28.8 Å². The topological polar surface area (TPSA) is 82.5 Å². The minimum atomic E-state index is -0.228. The number of benzene rings is 2. The molecule has 1 saturated heterocycles. The molecule has 1 aliphatic heterocycles. The molecule has 1 aliphatic rings. The molecule has 1 fully saturated rings. The maximum absolute atomic E-state index is 12.8. The van der Waals surface area contributed by atoms with Gasteiger partial charge in [0.25, 0.3) is 11.5 Å². The molecular formula is C24H24ClN5O2. The fraction of sp³-hybridized carbons (Fsp3) is 0.292. The zero-order valence-corrected chi connectivity index (χ0v) is 18.3. The first-order valence-electron chi connectivity index (χ1n) is 10.8. The van der Waals surface area contributed by atoms with Crippen LogP contribution in [-0.4, -0.2) is 45.0 Å². The molecule has 8 heteroatoms. The third-order valence-electron chi connectivity index (χ3n) is 6.23. The summed E-state index contributed by atoms with van der Waals surface area (Å²) < 4.78 is 1.61. The summed E-state index contributed by atoms with van der Waals surface area (Å²) in [6.45, 7) is 3.40. The minimum absolute atomic E-state index is 0.218. The lowest BCUT2D eigenvalue weighted by atomic mass is 9.96. The summed E-state index contributed by atoms with van der Waals surface area (Å²) >= 11 is 6.29. The molecule has 2 N–H and O–H groups in total. The molecular weight excluding hydrogens is 426 g/mol. The van der Waals surface area contributed by atoms with E-state index in [0.717, 1.165) is 43.1 Å². The van der Waals surface area contributed by atoms with Gasteiger partial charge in [-0.1, -0.05) is 41.9 Å². The minimum Gasteiger partial charge on any atom is -0.352 e. The lowest BCUT2D eigenvalue weighted by Gasteiger charge is -2.32. The molecule has 1 amide bonds. The summed E-state index contributed by atoms with van der Waals surface area (Å²) in [4.78, 5) is 30.5. The molecule has 0 aliphatic carbocycles. The third kappa shape index (κ3) is 4.01. The monoisotopic (exact) mass is 449 g/mol. The van der Waals surface area contributed by atoms with Crippen molar-refractivity contribution in [3.8, 4) is 0 Å². The number of hydrogen-bond donors (Lipinski definition) is 2. The van der Waals surface area contributed by atoms with E-state index in [1.807, 2.05) is 30.3 Å². The number of nitrogens with zero attached hydrogens (tertiary/aromatic N) is 3. The van der Waals surface area contributed by atoms with Crippen LogP contribution in [0.25, 0.3) is 16.6 Å². The highest BCUT2D eigenvalue weighted by Gasteiger charge is 2.22. The average Bonchev–Trinajstić information content (AvgIpc) is 3.24. The van der Waals surface area contributed by atoms with E-state index < -0.39 is 0 Å².